The highest BCUT2D eigenvalue weighted by molar-refractivity contribution is 5.22. The van der Waals surface area contributed by atoms with Crippen LogP contribution in [0.1, 0.15) is 0 Å². The molecule has 1 aliphatic rings. The topological polar surface area (TPSA) is 50.3 Å². The van der Waals surface area contributed by atoms with Gasteiger partial charge in [0.25, 0.3) is 0 Å². The van der Waals surface area contributed by atoms with Gasteiger partial charge in [-0.15, -0.1) is 0 Å². The summed E-state index contributed by atoms with van der Waals surface area (Å²) in [5.74, 6) is 0.0494. The third kappa shape index (κ3) is 3.39. The van der Waals surface area contributed by atoms with Crippen molar-refractivity contribution in [1.29, 1.82) is 0 Å². The quantitative estimate of drug-likeness (QED) is 0.803. The van der Waals surface area contributed by atoms with Crippen molar-refractivity contribution in [2.24, 2.45) is 0 Å². The number of morpholine rings is 1. The van der Waals surface area contributed by atoms with E-state index in [-0.39, 0.29) is 0 Å². The summed E-state index contributed by atoms with van der Waals surface area (Å²) in [6.07, 6.45) is 2.31. The lowest BCUT2D eigenvalue weighted by molar-refractivity contribution is 0.0398. The first kappa shape index (κ1) is 11.2. The predicted molar refractivity (Wildman–Crippen MR) is 57.7 cm³/mol. The minimum atomic E-state index is -0.418. The van der Waals surface area contributed by atoms with E-state index >= 15 is 0 Å². The van der Waals surface area contributed by atoms with E-state index in [1.54, 1.807) is 0 Å². The third-order valence-electron chi connectivity index (χ3n) is 2.44. The highest BCUT2D eigenvalue weighted by Gasteiger charge is 2.09. The smallest absolute Gasteiger partial charge is 0.222 e. The van der Waals surface area contributed by atoms with E-state index in [0.29, 0.717) is 5.95 Å². The maximum atomic E-state index is 12.5. The van der Waals surface area contributed by atoms with Gasteiger partial charge in [-0.25, -0.2) is 14.4 Å². The number of hydrogen-bond donors (Lipinski definition) is 1. The van der Waals surface area contributed by atoms with Gasteiger partial charge in [-0.1, -0.05) is 0 Å². The Hall–Kier alpha value is -1.27. The average Bonchev–Trinajstić information content (AvgIpc) is 2.33. The Balaban J connectivity index is 1.69. The Morgan fingerprint density at radius 2 is 2.00 bits per heavy atom. The maximum absolute atomic E-state index is 12.5. The van der Waals surface area contributed by atoms with E-state index in [1.807, 2.05) is 0 Å². The van der Waals surface area contributed by atoms with Gasteiger partial charge in [0.1, 0.15) is 0 Å². The fraction of sp³-hybridized carbons (Fsp3) is 0.600. The van der Waals surface area contributed by atoms with E-state index in [9.17, 15) is 4.39 Å². The summed E-state index contributed by atoms with van der Waals surface area (Å²) in [6.45, 7) is 5.20. The maximum Gasteiger partial charge on any atom is 0.222 e. The van der Waals surface area contributed by atoms with Gasteiger partial charge in [-0.2, -0.15) is 0 Å². The Morgan fingerprint density at radius 3 is 2.69 bits per heavy atom. The molecule has 0 radical (unpaired) electrons. The van der Waals surface area contributed by atoms with Gasteiger partial charge in [0.2, 0.25) is 5.95 Å². The zero-order valence-corrected chi connectivity index (χ0v) is 9.03. The van der Waals surface area contributed by atoms with E-state index in [0.717, 1.165) is 51.8 Å². The molecule has 6 heteroatoms. The molecule has 0 saturated carbocycles. The van der Waals surface area contributed by atoms with Crippen LogP contribution in [0.5, 0.6) is 0 Å². The molecule has 88 valence electrons. The van der Waals surface area contributed by atoms with Crippen molar-refractivity contribution in [1.82, 2.24) is 14.9 Å². The second-order valence-corrected chi connectivity index (χ2v) is 3.61. The van der Waals surface area contributed by atoms with Crippen molar-refractivity contribution < 1.29 is 9.13 Å². The van der Waals surface area contributed by atoms with E-state index < -0.39 is 5.82 Å². The Bertz CT molecular complexity index is 313. The van der Waals surface area contributed by atoms with Gasteiger partial charge in [-0.3, -0.25) is 4.90 Å². The minimum absolute atomic E-state index is 0.418. The molecule has 1 aromatic heterocycles. The van der Waals surface area contributed by atoms with E-state index in [4.69, 9.17) is 4.74 Å². The zero-order chi connectivity index (χ0) is 11.2. The Kier molecular flexibility index (Phi) is 4.01. The normalized spacial score (nSPS) is 17.3. The van der Waals surface area contributed by atoms with Crippen LogP contribution in [0.25, 0.3) is 0 Å². The zero-order valence-electron chi connectivity index (χ0n) is 9.03. The summed E-state index contributed by atoms with van der Waals surface area (Å²) in [7, 11) is 0. The molecule has 0 aliphatic carbocycles. The van der Waals surface area contributed by atoms with Crippen LogP contribution in [0.4, 0.5) is 10.3 Å². The van der Waals surface area contributed by atoms with Crippen molar-refractivity contribution in [3.63, 3.8) is 0 Å². The molecule has 0 bridgehead atoms. The number of rotatable bonds is 4. The molecule has 1 aromatic rings. The lowest BCUT2D eigenvalue weighted by atomic mass is 10.4. The summed E-state index contributed by atoms with van der Waals surface area (Å²) in [5.41, 5.74) is 0. The molecule has 5 nitrogen and oxygen atoms in total. The molecule has 1 N–H and O–H groups in total. The molecule has 0 atom stereocenters. The molecule has 0 unspecified atom stereocenters. The molecule has 2 heterocycles. The summed E-state index contributed by atoms with van der Waals surface area (Å²) in [4.78, 5) is 9.95. The number of nitrogens with zero attached hydrogens (tertiary/aromatic N) is 3. The molecular formula is C10H15FN4O. The van der Waals surface area contributed by atoms with E-state index in [2.05, 4.69) is 20.2 Å². The SMILES string of the molecule is Fc1cnc(NCCN2CCOCC2)nc1. The largest absolute Gasteiger partial charge is 0.379 e. The van der Waals surface area contributed by atoms with Crippen LogP contribution in [0, 0.1) is 5.82 Å². The van der Waals surface area contributed by atoms with Gasteiger partial charge in [-0.05, 0) is 0 Å². The monoisotopic (exact) mass is 226 g/mol. The number of aromatic nitrogens is 2. The first-order chi connectivity index (χ1) is 7.84. The molecule has 1 saturated heterocycles. The Labute approximate surface area is 93.6 Å². The Morgan fingerprint density at radius 1 is 1.31 bits per heavy atom. The summed E-state index contributed by atoms with van der Waals surface area (Å²) < 4.78 is 17.8. The standard InChI is InChI=1S/C10H15FN4O/c11-9-7-13-10(14-8-9)12-1-2-15-3-5-16-6-4-15/h7-8H,1-6H2,(H,12,13,14). The van der Waals surface area contributed by atoms with Crippen molar-refractivity contribution >= 4 is 5.95 Å². The van der Waals surface area contributed by atoms with Crippen LogP contribution in [0.15, 0.2) is 12.4 Å². The number of halogens is 1. The highest BCUT2D eigenvalue weighted by atomic mass is 19.1. The van der Waals surface area contributed by atoms with Gasteiger partial charge < -0.3 is 10.1 Å². The first-order valence-corrected chi connectivity index (χ1v) is 5.36. The molecule has 1 aliphatic heterocycles. The minimum Gasteiger partial charge on any atom is -0.379 e. The highest BCUT2D eigenvalue weighted by Crippen LogP contribution is 1.99. The fourth-order valence-electron chi connectivity index (χ4n) is 1.55. The van der Waals surface area contributed by atoms with Gasteiger partial charge in [0.05, 0.1) is 25.6 Å². The van der Waals surface area contributed by atoms with Crippen LogP contribution in [0.3, 0.4) is 0 Å². The lowest BCUT2D eigenvalue weighted by Gasteiger charge is -2.26. The molecule has 2 rings (SSSR count). The lowest BCUT2D eigenvalue weighted by Crippen LogP contribution is -2.39. The van der Waals surface area contributed by atoms with Crippen LogP contribution in [0.2, 0.25) is 0 Å². The second-order valence-electron chi connectivity index (χ2n) is 3.61. The van der Waals surface area contributed by atoms with Crippen LogP contribution < -0.4 is 5.32 Å². The number of anilines is 1. The summed E-state index contributed by atoms with van der Waals surface area (Å²) in [6, 6.07) is 0. The summed E-state index contributed by atoms with van der Waals surface area (Å²) in [5, 5.41) is 3.05. The van der Waals surface area contributed by atoms with E-state index in [1.165, 1.54) is 0 Å². The van der Waals surface area contributed by atoms with Crippen LogP contribution in [-0.4, -0.2) is 54.3 Å². The third-order valence-corrected chi connectivity index (χ3v) is 2.44. The number of ether oxygens (including phenoxy) is 1. The van der Waals surface area contributed by atoms with Crippen molar-refractivity contribution in [2.45, 2.75) is 0 Å². The van der Waals surface area contributed by atoms with Gasteiger partial charge >= 0.3 is 0 Å². The van der Waals surface area contributed by atoms with Crippen molar-refractivity contribution in [3.05, 3.63) is 18.2 Å². The van der Waals surface area contributed by atoms with Gasteiger partial charge in [0, 0.05) is 26.2 Å². The average molecular weight is 226 g/mol. The molecule has 0 amide bonds. The first-order valence-electron chi connectivity index (χ1n) is 5.36. The number of nitrogens with one attached hydrogen (secondary N) is 1. The van der Waals surface area contributed by atoms with Crippen LogP contribution in [-0.2, 0) is 4.74 Å². The fourth-order valence-corrected chi connectivity index (χ4v) is 1.55. The molecule has 16 heavy (non-hydrogen) atoms. The van der Waals surface area contributed by atoms with Crippen LogP contribution >= 0.6 is 0 Å². The predicted octanol–water partition coefficient (Wildman–Crippen LogP) is 0.360. The second kappa shape index (κ2) is 5.72. The summed E-state index contributed by atoms with van der Waals surface area (Å²) >= 11 is 0. The molecule has 0 aromatic carbocycles. The molecule has 1 fully saturated rings. The van der Waals surface area contributed by atoms with Crippen molar-refractivity contribution in [3.8, 4) is 0 Å². The van der Waals surface area contributed by atoms with Gasteiger partial charge in [0.15, 0.2) is 5.82 Å². The number of hydrogen-bond acceptors (Lipinski definition) is 5. The molecular weight excluding hydrogens is 211 g/mol. The van der Waals surface area contributed by atoms with Crippen molar-refractivity contribution in [2.75, 3.05) is 44.7 Å². The molecule has 0 spiro atoms.